The van der Waals surface area contributed by atoms with Crippen molar-refractivity contribution >= 4 is 9.84 Å². The molecule has 0 saturated carbocycles. The predicted octanol–water partition coefficient (Wildman–Crippen LogP) is 1.31. The largest absolute Gasteiger partial charge is 0.338 e. The lowest BCUT2D eigenvalue weighted by Crippen LogP contribution is -2.47. The molecule has 0 spiro atoms. The van der Waals surface area contributed by atoms with Gasteiger partial charge in [-0.15, -0.1) is 0 Å². The van der Waals surface area contributed by atoms with Gasteiger partial charge >= 0.3 is 0 Å². The van der Waals surface area contributed by atoms with E-state index in [2.05, 4.69) is 40.7 Å². The topological polar surface area (TPSA) is 79.5 Å². The molecule has 0 aromatic carbocycles. The first kappa shape index (κ1) is 18.4. The number of piperazine rings is 1. The zero-order chi connectivity index (χ0) is 17.0. The molecule has 0 amide bonds. The van der Waals surface area contributed by atoms with E-state index in [9.17, 15) is 8.42 Å². The third kappa shape index (κ3) is 5.54. The van der Waals surface area contributed by atoms with Crippen LogP contribution in [0.2, 0.25) is 0 Å². The van der Waals surface area contributed by atoms with Gasteiger partial charge in [0.1, 0.15) is 9.84 Å². The van der Waals surface area contributed by atoms with Crippen LogP contribution in [0.3, 0.4) is 0 Å². The Kier molecular flexibility index (Phi) is 6.16. The van der Waals surface area contributed by atoms with Gasteiger partial charge in [0.15, 0.2) is 5.82 Å². The van der Waals surface area contributed by atoms with Gasteiger partial charge in [-0.05, 0) is 19.9 Å². The monoisotopic (exact) mass is 344 g/mol. The van der Waals surface area contributed by atoms with Crippen molar-refractivity contribution < 1.29 is 12.9 Å². The number of sulfone groups is 1. The molecule has 0 bridgehead atoms. The van der Waals surface area contributed by atoms with Crippen LogP contribution in [0.15, 0.2) is 4.52 Å². The SMILES string of the molecule is CC(C)c1noc([C@H](C)N2CCN(CCCS(C)(=O)=O)CC2)n1. The highest BCUT2D eigenvalue weighted by Crippen LogP contribution is 2.21. The van der Waals surface area contributed by atoms with Crippen LogP contribution >= 0.6 is 0 Å². The Bertz CT molecular complexity index is 592. The van der Waals surface area contributed by atoms with E-state index in [4.69, 9.17) is 4.52 Å². The number of hydrogen-bond acceptors (Lipinski definition) is 7. The summed E-state index contributed by atoms with van der Waals surface area (Å²) in [4.78, 5) is 9.14. The highest BCUT2D eigenvalue weighted by atomic mass is 32.2. The highest BCUT2D eigenvalue weighted by Gasteiger charge is 2.26. The van der Waals surface area contributed by atoms with Crippen LogP contribution in [-0.4, -0.2) is 73.1 Å². The van der Waals surface area contributed by atoms with Crippen molar-refractivity contribution in [2.24, 2.45) is 0 Å². The number of hydrogen-bond donors (Lipinski definition) is 0. The van der Waals surface area contributed by atoms with E-state index in [-0.39, 0.29) is 17.7 Å². The van der Waals surface area contributed by atoms with Gasteiger partial charge in [0, 0.05) is 38.4 Å². The Morgan fingerprint density at radius 1 is 1.17 bits per heavy atom. The van der Waals surface area contributed by atoms with E-state index >= 15 is 0 Å². The molecule has 23 heavy (non-hydrogen) atoms. The van der Waals surface area contributed by atoms with Crippen molar-refractivity contribution in [2.75, 3.05) is 44.7 Å². The average Bonchev–Trinajstić information content (AvgIpc) is 2.96. The maximum Gasteiger partial charge on any atom is 0.243 e. The Hall–Kier alpha value is -0.990. The lowest BCUT2D eigenvalue weighted by atomic mass is 10.2. The van der Waals surface area contributed by atoms with Crippen LogP contribution in [0.1, 0.15) is 50.9 Å². The van der Waals surface area contributed by atoms with Crippen molar-refractivity contribution in [3.8, 4) is 0 Å². The summed E-state index contributed by atoms with van der Waals surface area (Å²) in [5.74, 6) is 1.97. The molecule has 1 fully saturated rings. The van der Waals surface area contributed by atoms with Gasteiger partial charge in [0.25, 0.3) is 0 Å². The molecular formula is C15H28N4O3S. The fourth-order valence-electron chi connectivity index (χ4n) is 2.73. The Morgan fingerprint density at radius 2 is 1.83 bits per heavy atom. The van der Waals surface area contributed by atoms with Gasteiger partial charge in [0.2, 0.25) is 5.89 Å². The van der Waals surface area contributed by atoms with Crippen LogP contribution < -0.4 is 0 Å². The first-order valence-electron chi connectivity index (χ1n) is 8.24. The quantitative estimate of drug-likeness (QED) is 0.737. The second-order valence-corrected chi connectivity index (χ2v) is 8.94. The molecule has 8 heteroatoms. The molecule has 1 atom stereocenters. The highest BCUT2D eigenvalue weighted by molar-refractivity contribution is 7.90. The summed E-state index contributed by atoms with van der Waals surface area (Å²) in [6, 6.07) is 0.119. The molecule has 1 aromatic heterocycles. The maximum atomic E-state index is 11.2. The number of rotatable bonds is 7. The fraction of sp³-hybridized carbons (Fsp3) is 0.867. The summed E-state index contributed by atoms with van der Waals surface area (Å²) in [6.07, 6.45) is 2.00. The van der Waals surface area contributed by atoms with Crippen molar-refractivity contribution in [3.05, 3.63) is 11.7 Å². The van der Waals surface area contributed by atoms with Crippen molar-refractivity contribution in [2.45, 2.75) is 39.2 Å². The van der Waals surface area contributed by atoms with Gasteiger partial charge in [-0.3, -0.25) is 4.90 Å². The minimum Gasteiger partial charge on any atom is -0.338 e. The Labute approximate surface area is 138 Å². The lowest BCUT2D eigenvalue weighted by molar-refractivity contribution is 0.0885. The van der Waals surface area contributed by atoms with Crippen LogP contribution in [0.4, 0.5) is 0 Å². The molecule has 132 valence electrons. The molecular weight excluding hydrogens is 316 g/mol. The normalized spacial score (nSPS) is 19.3. The third-order valence-corrected chi connectivity index (χ3v) is 5.31. The van der Waals surface area contributed by atoms with Gasteiger partial charge in [-0.1, -0.05) is 19.0 Å². The summed E-state index contributed by atoms with van der Waals surface area (Å²) in [5, 5.41) is 4.03. The lowest BCUT2D eigenvalue weighted by Gasteiger charge is -2.36. The van der Waals surface area contributed by atoms with Gasteiger partial charge in [0.05, 0.1) is 11.8 Å². The minimum atomic E-state index is -2.85. The van der Waals surface area contributed by atoms with Crippen LogP contribution in [0.25, 0.3) is 0 Å². The van der Waals surface area contributed by atoms with Gasteiger partial charge in [-0.2, -0.15) is 4.98 Å². The summed E-state index contributed by atoms with van der Waals surface area (Å²) >= 11 is 0. The summed E-state index contributed by atoms with van der Waals surface area (Å²) in [6.45, 7) is 10.8. The molecule has 0 unspecified atom stereocenters. The molecule has 7 nitrogen and oxygen atoms in total. The molecule has 1 saturated heterocycles. The van der Waals surface area contributed by atoms with E-state index in [0.717, 1.165) is 38.5 Å². The summed E-state index contributed by atoms with van der Waals surface area (Å²) in [7, 11) is -2.85. The number of nitrogens with zero attached hydrogens (tertiary/aromatic N) is 4. The third-order valence-electron chi connectivity index (χ3n) is 4.28. The molecule has 0 radical (unpaired) electrons. The Balaban J connectivity index is 1.79. The molecule has 1 aliphatic rings. The standard InChI is InChI=1S/C15H28N4O3S/c1-12(2)14-16-15(22-17-14)13(3)19-9-7-18(8-10-19)6-5-11-23(4,20)21/h12-13H,5-11H2,1-4H3/t13-/m0/s1. The van der Waals surface area contributed by atoms with E-state index in [0.29, 0.717) is 12.3 Å². The van der Waals surface area contributed by atoms with Gasteiger partial charge in [-0.25, -0.2) is 8.42 Å². The van der Waals surface area contributed by atoms with Crippen LogP contribution in [-0.2, 0) is 9.84 Å². The van der Waals surface area contributed by atoms with Crippen LogP contribution in [0, 0.1) is 0 Å². The molecule has 1 aromatic rings. The second-order valence-electron chi connectivity index (χ2n) is 6.68. The van der Waals surface area contributed by atoms with E-state index in [1.165, 1.54) is 6.26 Å². The first-order chi connectivity index (χ1) is 10.8. The zero-order valence-corrected chi connectivity index (χ0v) is 15.3. The average molecular weight is 344 g/mol. The molecule has 0 aliphatic carbocycles. The molecule has 1 aliphatic heterocycles. The summed E-state index contributed by atoms with van der Waals surface area (Å²) in [5.41, 5.74) is 0. The Morgan fingerprint density at radius 3 is 2.35 bits per heavy atom. The second kappa shape index (κ2) is 7.72. The molecule has 0 N–H and O–H groups in total. The van der Waals surface area contributed by atoms with Crippen molar-refractivity contribution in [3.63, 3.8) is 0 Å². The minimum absolute atomic E-state index is 0.119. The van der Waals surface area contributed by atoms with Crippen LogP contribution in [0.5, 0.6) is 0 Å². The van der Waals surface area contributed by atoms with Gasteiger partial charge < -0.3 is 9.42 Å². The van der Waals surface area contributed by atoms with E-state index in [1.54, 1.807) is 0 Å². The number of aromatic nitrogens is 2. The van der Waals surface area contributed by atoms with E-state index < -0.39 is 9.84 Å². The summed E-state index contributed by atoms with van der Waals surface area (Å²) < 4.78 is 27.7. The van der Waals surface area contributed by atoms with E-state index in [1.807, 2.05) is 0 Å². The molecule has 2 heterocycles. The zero-order valence-electron chi connectivity index (χ0n) is 14.5. The van der Waals surface area contributed by atoms with Crippen molar-refractivity contribution in [1.82, 2.24) is 19.9 Å². The fourth-order valence-corrected chi connectivity index (χ4v) is 3.39. The van der Waals surface area contributed by atoms with Crippen molar-refractivity contribution in [1.29, 1.82) is 0 Å². The smallest absolute Gasteiger partial charge is 0.243 e. The maximum absolute atomic E-state index is 11.2. The first-order valence-corrected chi connectivity index (χ1v) is 10.3. The molecule has 2 rings (SSSR count). The predicted molar refractivity (Wildman–Crippen MR) is 89.1 cm³/mol.